The minimum absolute atomic E-state index is 0.185. The molecule has 1 unspecified atom stereocenters. The first-order valence-electron chi connectivity index (χ1n) is 7.60. The molecule has 1 aliphatic heterocycles. The predicted molar refractivity (Wildman–Crippen MR) is 90.9 cm³/mol. The predicted octanol–water partition coefficient (Wildman–Crippen LogP) is 1.40. The summed E-state index contributed by atoms with van der Waals surface area (Å²) in [7, 11) is -1.09. The van der Waals surface area contributed by atoms with Crippen LogP contribution in [0.25, 0.3) is 0 Å². The lowest BCUT2D eigenvalue weighted by molar-refractivity contribution is 0.567. The normalized spacial score (nSPS) is 20.9. The standard InChI is InChI=1S/C16H25N3O2S/c1-12-4-5-15(13(2)8-12)10-19-16(17-3)18-9-14-6-7-22(20,21)11-14/h4-5,8,14H,6-7,9-11H2,1-3H3,(H2,17,18,19). The van der Waals surface area contributed by atoms with Gasteiger partial charge in [-0.2, -0.15) is 0 Å². The number of nitrogens with zero attached hydrogens (tertiary/aromatic N) is 1. The Kier molecular flexibility index (Phi) is 5.45. The first-order valence-corrected chi connectivity index (χ1v) is 9.43. The minimum atomic E-state index is -2.82. The van der Waals surface area contributed by atoms with Gasteiger partial charge in [0.25, 0.3) is 0 Å². The molecule has 2 N–H and O–H groups in total. The largest absolute Gasteiger partial charge is 0.356 e. The van der Waals surface area contributed by atoms with Gasteiger partial charge in [0.15, 0.2) is 15.8 Å². The van der Waals surface area contributed by atoms with Crippen molar-refractivity contribution in [2.45, 2.75) is 26.8 Å². The molecule has 6 heteroatoms. The summed E-state index contributed by atoms with van der Waals surface area (Å²) in [5.74, 6) is 1.50. The van der Waals surface area contributed by atoms with Crippen LogP contribution in [0.1, 0.15) is 23.1 Å². The fourth-order valence-corrected chi connectivity index (χ4v) is 4.58. The lowest BCUT2D eigenvalue weighted by Crippen LogP contribution is -2.39. The highest BCUT2D eigenvalue weighted by Gasteiger charge is 2.27. The van der Waals surface area contributed by atoms with E-state index in [-0.39, 0.29) is 11.7 Å². The summed E-state index contributed by atoms with van der Waals surface area (Å²) in [4.78, 5) is 4.19. The molecule has 1 aromatic carbocycles. The summed E-state index contributed by atoms with van der Waals surface area (Å²) in [5.41, 5.74) is 3.74. The van der Waals surface area contributed by atoms with Crippen LogP contribution in [0.4, 0.5) is 0 Å². The van der Waals surface area contributed by atoms with Crippen LogP contribution in [0.3, 0.4) is 0 Å². The SMILES string of the molecule is CN=C(NCc1ccc(C)cc1C)NCC1CCS(=O)(=O)C1. The molecule has 1 fully saturated rings. The second-order valence-electron chi connectivity index (χ2n) is 6.01. The number of benzene rings is 1. The fraction of sp³-hybridized carbons (Fsp3) is 0.562. The highest BCUT2D eigenvalue weighted by Crippen LogP contribution is 2.17. The van der Waals surface area contributed by atoms with Crippen LogP contribution in [-0.2, 0) is 16.4 Å². The molecule has 1 saturated heterocycles. The lowest BCUT2D eigenvalue weighted by Gasteiger charge is -2.15. The van der Waals surface area contributed by atoms with Gasteiger partial charge in [-0.3, -0.25) is 4.99 Å². The summed E-state index contributed by atoms with van der Waals surface area (Å²) in [6.45, 7) is 5.53. The highest BCUT2D eigenvalue weighted by atomic mass is 32.2. The van der Waals surface area contributed by atoms with E-state index in [0.717, 1.165) is 6.42 Å². The molecule has 0 bridgehead atoms. The van der Waals surface area contributed by atoms with E-state index in [1.54, 1.807) is 7.05 Å². The van der Waals surface area contributed by atoms with Crippen LogP contribution in [0.2, 0.25) is 0 Å². The molecule has 1 heterocycles. The van der Waals surface area contributed by atoms with E-state index in [4.69, 9.17) is 0 Å². The third-order valence-corrected chi connectivity index (χ3v) is 5.89. The Morgan fingerprint density at radius 2 is 2.09 bits per heavy atom. The zero-order valence-corrected chi connectivity index (χ0v) is 14.3. The Hall–Kier alpha value is -1.56. The summed E-state index contributed by atoms with van der Waals surface area (Å²) < 4.78 is 22.9. The van der Waals surface area contributed by atoms with Gasteiger partial charge in [0.2, 0.25) is 0 Å². The van der Waals surface area contributed by atoms with Crippen molar-refractivity contribution < 1.29 is 8.42 Å². The minimum Gasteiger partial charge on any atom is -0.356 e. The molecule has 122 valence electrons. The van der Waals surface area contributed by atoms with Gasteiger partial charge >= 0.3 is 0 Å². The van der Waals surface area contributed by atoms with Gasteiger partial charge in [-0.15, -0.1) is 0 Å². The molecule has 22 heavy (non-hydrogen) atoms. The second kappa shape index (κ2) is 7.13. The van der Waals surface area contributed by atoms with Gasteiger partial charge in [-0.25, -0.2) is 8.42 Å². The molecule has 1 aliphatic rings. The van der Waals surface area contributed by atoms with E-state index in [1.165, 1.54) is 16.7 Å². The average Bonchev–Trinajstić information content (AvgIpc) is 2.80. The molecule has 0 amide bonds. The van der Waals surface area contributed by atoms with Crippen molar-refractivity contribution in [1.29, 1.82) is 0 Å². The monoisotopic (exact) mass is 323 g/mol. The molecule has 2 rings (SSSR count). The molecule has 0 aromatic heterocycles. The topological polar surface area (TPSA) is 70.6 Å². The maximum absolute atomic E-state index is 11.5. The zero-order chi connectivity index (χ0) is 16.2. The van der Waals surface area contributed by atoms with Gasteiger partial charge in [0.05, 0.1) is 11.5 Å². The van der Waals surface area contributed by atoms with Gasteiger partial charge in [0, 0.05) is 20.1 Å². The maximum Gasteiger partial charge on any atom is 0.191 e. The van der Waals surface area contributed by atoms with Gasteiger partial charge in [-0.05, 0) is 37.3 Å². The Bertz CT molecular complexity index is 653. The first kappa shape index (κ1) is 16.8. The van der Waals surface area contributed by atoms with Crippen molar-refractivity contribution in [3.05, 3.63) is 34.9 Å². The fourth-order valence-electron chi connectivity index (χ4n) is 2.72. The molecular formula is C16H25N3O2S. The summed E-state index contributed by atoms with van der Waals surface area (Å²) in [5, 5.41) is 6.50. The number of hydrogen-bond acceptors (Lipinski definition) is 3. The second-order valence-corrected chi connectivity index (χ2v) is 8.23. The van der Waals surface area contributed by atoms with Gasteiger partial charge < -0.3 is 10.6 Å². The average molecular weight is 323 g/mol. The van der Waals surface area contributed by atoms with Crippen molar-refractivity contribution >= 4 is 15.8 Å². The number of aryl methyl sites for hydroxylation is 2. The quantitative estimate of drug-likeness (QED) is 0.649. The van der Waals surface area contributed by atoms with Crippen LogP contribution in [0, 0.1) is 19.8 Å². The molecule has 1 atom stereocenters. The summed E-state index contributed by atoms with van der Waals surface area (Å²) in [6, 6.07) is 6.38. The van der Waals surface area contributed by atoms with E-state index < -0.39 is 9.84 Å². The van der Waals surface area contributed by atoms with Crippen LogP contribution < -0.4 is 10.6 Å². The van der Waals surface area contributed by atoms with Crippen molar-refractivity contribution in [3.63, 3.8) is 0 Å². The van der Waals surface area contributed by atoms with Crippen LogP contribution in [0.5, 0.6) is 0 Å². The van der Waals surface area contributed by atoms with Crippen molar-refractivity contribution in [1.82, 2.24) is 10.6 Å². The van der Waals surface area contributed by atoms with E-state index >= 15 is 0 Å². The van der Waals surface area contributed by atoms with E-state index in [1.807, 2.05) is 0 Å². The van der Waals surface area contributed by atoms with E-state index in [2.05, 4.69) is 47.7 Å². The van der Waals surface area contributed by atoms with Crippen molar-refractivity contribution in [2.24, 2.45) is 10.9 Å². The molecule has 0 aliphatic carbocycles. The van der Waals surface area contributed by atoms with Crippen LogP contribution in [-0.4, -0.2) is 39.5 Å². The van der Waals surface area contributed by atoms with E-state index in [0.29, 0.717) is 24.8 Å². The van der Waals surface area contributed by atoms with Crippen LogP contribution >= 0.6 is 0 Å². The number of rotatable bonds is 4. The van der Waals surface area contributed by atoms with E-state index in [9.17, 15) is 8.42 Å². The number of guanidine groups is 1. The lowest BCUT2D eigenvalue weighted by atomic mass is 10.1. The first-order chi connectivity index (χ1) is 10.4. The smallest absolute Gasteiger partial charge is 0.191 e. The molecule has 1 aromatic rings. The number of hydrogen-bond donors (Lipinski definition) is 2. The van der Waals surface area contributed by atoms with Crippen LogP contribution in [0.15, 0.2) is 23.2 Å². The number of sulfone groups is 1. The number of aliphatic imine (C=N–C) groups is 1. The summed E-state index contributed by atoms with van der Waals surface area (Å²) in [6.07, 6.45) is 0.739. The molecule has 0 saturated carbocycles. The third kappa shape index (κ3) is 4.73. The molecule has 5 nitrogen and oxygen atoms in total. The highest BCUT2D eigenvalue weighted by molar-refractivity contribution is 7.91. The molecular weight excluding hydrogens is 298 g/mol. The Morgan fingerprint density at radius 1 is 1.32 bits per heavy atom. The molecule has 0 spiro atoms. The maximum atomic E-state index is 11.5. The molecule has 0 radical (unpaired) electrons. The Labute approximate surface area is 133 Å². The summed E-state index contributed by atoms with van der Waals surface area (Å²) >= 11 is 0. The zero-order valence-electron chi connectivity index (χ0n) is 13.5. The Morgan fingerprint density at radius 3 is 2.68 bits per heavy atom. The Balaban J connectivity index is 1.83. The van der Waals surface area contributed by atoms with Crippen molar-refractivity contribution in [3.8, 4) is 0 Å². The third-order valence-electron chi connectivity index (χ3n) is 4.05. The van der Waals surface area contributed by atoms with Crippen molar-refractivity contribution in [2.75, 3.05) is 25.1 Å². The van der Waals surface area contributed by atoms with Gasteiger partial charge in [0.1, 0.15) is 0 Å². The van der Waals surface area contributed by atoms with Gasteiger partial charge in [-0.1, -0.05) is 23.8 Å². The number of nitrogens with one attached hydrogen (secondary N) is 2.